The van der Waals surface area contributed by atoms with E-state index in [0.29, 0.717) is 12.1 Å². The SMILES string of the molecule is COC1CCCC(NC(c2ccc(F)cc2)C(C)(C)C)C1. The van der Waals surface area contributed by atoms with Gasteiger partial charge in [0.15, 0.2) is 0 Å². The van der Waals surface area contributed by atoms with Gasteiger partial charge in [-0.3, -0.25) is 0 Å². The van der Waals surface area contributed by atoms with Crippen LogP contribution >= 0.6 is 0 Å². The van der Waals surface area contributed by atoms with Gasteiger partial charge in [-0.2, -0.15) is 0 Å². The van der Waals surface area contributed by atoms with Crippen LogP contribution in [0.25, 0.3) is 0 Å². The number of rotatable bonds is 4. The van der Waals surface area contributed by atoms with E-state index in [9.17, 15) is 4.39 Å². The minimum Gasteiger partial charge on any atom is -0.381 e. The topological polar surface area (TPSA) is 21.3 Å². The van der Waals surface area contributed by atoms with E-state index in [4.69, 9.17) is 4.74 Å². The Morgan fingerprint density at radius 1 is 1.19 bits per heavy atom. The highest BCUT2D eigenvalue weighted by atomic mass is 19.1. The summed E-state index contributed by atoms with van der Waals surface area (Å²) in [7, 11) is 1.80. The summed E-state index contributed by atoms with van der Waals surface area (Å²) < 4.78 is 18.7. The lowest BCUT2D eigenvalue weighted by molar-refractivity contribution is 0.0531. The van der Waals surface area contributed by atoms with E-state index in [-0.39, 0.29) is 17.3 Å². The Labute approximate surface area is 128 Å². The maximum absolute atomic E-state index is 13.2. The first-order chi connectivity index (χ1) is 9.90. The van der Waals surface area contributed by atoms with Crippen molar-refractivity contribution in [3.63, 3.8) is 0 Å². The van der Waals surface area contributed by atoms with Crippen molar-refractivity contribution < 1.29 is 9.13 Å². The largest absolute Gasteiger partial charge is 0.381 e. The zero-order valence-electron chi connectivity index (χ0n) is 13.7. The highest BCUT2D eigenvalue weighted by Gasteiger charge is 2.30. The van der Waals surface area contributed by atoms with Gasteiger partial charge in [-0.1, -0.05) is 32.9 Å². The van der Waals surface area contributed by atoms with Crippen LogP contribution in [0, 0.1) is 11.2 Å². The molecular formula is C18H28FNO. The van der Waals surface area contributed by atoms with Crippen LogP contribution in [-0.4, -0.2) is 19.3 Å². The molecule has 3 atom stereocenters. The zero-order chi connectivity index (χ0) is 15.5. The van der Waals surface area contributed by atoms with Gasteiger partial charge in [-0.15, -0.1) is 0 Å². The Morgan fingerprint density at radius 3 is 2.43 bits per heavy atom. The van der Waals surface area contributed by atoms with E-state index in [0.717, 1.165) is 18.4 Å². The molecule has 0 amide bonds. The third kappa shape index (κ3) is 4.52. The molecule has 0 heterocycles. The number of hydrogen-bond donors (Lipinski definition) is 1. The summed E-state index contributed by atoms with van der Waals surface area (Å²) in [4.78, 5) is 0. The van der Waals surface area contributed by atoms with Crippen LogP contribution in [-0.2, 0) is 4.74 Å². The average Bonchev–Trinajstić information content (AvgIpc) is 2.45. The van der Waals surface area contributed by atoms with Gasteiger partial charge in [0.05, 0.1) is 6.10 Å². The van der Waals surface area contributed by atoms with Gasteiger partial charge in [0.1, 0.15) is 5.82 Å². The lowest BCUT2D eigenvalue weighted by Crippen LogP contribution is -2.43. The second-order valence-corrected chi connectivity index (χ2v) is 7.24. The minimum absolute atomic E-state index is 0.0812. The van der Waals surface area contributed by atoms with Gasteiger partial charge in [0.25, 0.3) is 0 Å². The number of benzene rings is 1. The van der Waals surface area contributed by atoms with Crippen molar-refractivity contribution in [1.82, 2.24) is 5.32 Å². The van der Waals surface area contributed by atoms with Gasteiger partial charge >= 0.3 is 0 Å². The maximum atomic E-state index is 13.2. The molecule has 0 saturated heterocycles. The van der Waals surface area contributed by atoms with E-state index in [1.54, 1.807) is 19.2 Å². The van der Waals surface area contributed by atoms with Crippen molar-refractivity contribution in [2.75, 3.05) is 7.11 Å². The number of ether oxygens (including phenoxy) is 1. The van der Waals surface area contributed by atoms with Crippen LogP contribution in [0.3, 0.4) is 0 Å². The van der Waals surface area contributed by atoms with Crippen molar-refractivity contribution >= 4 is 0 Å². The monoisotopic (exact) mass is 293 g/mol. The first kappa shape index (κ1) is 16.4. The first-order valence-electron chi connectivity index (χ1n) is 7.94. The molecule has 118 valence electrons. The van der Waals surface area contributed by atoms with E-state index in [2.05, 4.69) is 26.1 Å². The molecule has 1 aliphatic rings. The number of hydrogen-bond acceptors (Lipinski definition) is 2. The standard InChI is InChI=1S/C18H28FNO/c1-18(2,3)17(13-8-10-14(19)11-9-13)20-15-6-5-7-16(12-15)21-4/h8-11,15-17,20H,5-7,12H2,1-4H3. The van der Waals surface area contributed by atoms with Crippen LogP contribution in [0.4, 0.5) is 4.39 Å². The fourth-order valence-corrected chi connectivity index (χ4v) is 3.25. The third-order valence-electron chi connectivity index (χ3n) is 4.43. The number of halogens is 1. The van der Waals surface area contributed by atoms with Crippen LogP contribution in [0.15, 0.2) is 24.3 Å². The second kappa shape index (κ2) is 6.89. The molecule has 1 saturated carbocycles. The molecule has 1 aliphatic carbocycles. The molecule has 1 fully saturated rings. The lowest BCUT2D eigenvalue weighted by Gasteiger charge is -2.38. The predicted octanol–water partition coefficient (Wildman–Crippen LogP) is 4.46. The molecule has 0 spiro atoms. The fraction of sp³-hybridized carbons (Fsp3) is 0.667. The summed E-state index contributed by atoms with van der Waals surface area (Å²) >= 11 is 0. The van der Waals surface area contributed by atoms with Gasteiger partial charge in [-0.05, 0) is 48.8 Å². The van der Waals surface area contributed by atoms with Crippen LogP contribution in [0.1, 0.15) is 58.1 Å². The van der Waals surface area contributed by atoms with Crippen molar-refractivity contribution in [2.45, 2.75) is 64.6 Å². The molecule has 0 aliphatic heterocycles. The van der Waals surface area contributed by atoms with E-state index in [1.165, 1.54) is 12.8 Å². The van der Waals surface area contributed by atoms with Gasteiger partial charge in [0, 0.05) is 19.2 Å². The molecule has 0 bridgehead atoms. The Balaban J connectivity index is 2.12. The summed E-state index contributed by atoms with van der Waals surface area (Å²) in [5.74, 6) is -0.177. The van der Waals surface area contributed by atoms with Crippen LogP contribution in [0.5, 0.6) is 0 Å². The van der Waals surface area contributed by atoms with E-state index in [1.807, 2.05) is 12.1 Å². The second-order valence-electron chi connectivity index (χ2n) is 7.24. The quantitative estimate of drug-likeness (QED) is 0.885. The third-order valence-corrected chi connectivity index (χ3v) is 4.43. The molecule has 1 aromatic rings. The average molecular weight is 293 g/mol. The Hall–Kier alpha value is -0.930. The molecule has 21 heavy (non-hydrogen) atoms. The van der Waals surface area contributed by atoms with Crippen molar-refractivity contribution in [3.05, 3.63) is 35.6 Å². The molecule has 0 radical (unpaired) electrons. The maximum Gasteiger partial charge on any atom is 0.123 e. The predicted molar refractivity (Wildman–Crippen MR) is 84.8 cm³/mol. The van der Waals surface area contributed by atoms with Crippen LogP contribution in [0.2, 0.25) is 0 Å². The Kier molecular flexibility index (Phi) is 5.39. The van der Waals surface area contributed by atoms with E-state index < -0.39 is 0 Å². The Bertz CT molecular complexity index is 438. The summed E-state index contributed by atoms with van der Waals surface area (Å²) in [5, 5.41) is 3.79. The van der Waals surface area contributed by atoms with Gasteiger partial charge in [-0.25, -0.2) is 4.39 Å². The fourth-order valence-electron chi connectivity index (χ4n) is 3.25. The molecule has 3 heteroatoms. The normalized spacial score (nSPS) is 24.8. The molecule has 0 aromatic heterocycles. The van der Waals surface area contributed by atoms with Gasteiger partial charge in [0.2, 0.25) is 0 Å². The summed E-state index contributed by atoms with van der Waals surface area (Å²) in [5.41, 5.74) is 1.24. The molecule has 1 aromatic carbocycles. The summed E-state index contributed by atoms with van der Waals surface area (Å²) in [6.45, 7) is 6.68. The summed E-state index contributed by atoms with van der Waals surface area (Å²) in [6.07, 6.45) is 4.98. The first-order valence-corrected chi connectivity index (χ1v) is 7.94. The highest BCUT2D eigenvalue weighted by Crippen LogP contribution is 2.35. The van der Waals surface area contributed by atoms with Crippen LogP contribution < -0.4 is 5.32 Å². The van der Waals surface area contributed by atoms with Crippen molar-refractivity contribution in [2.24, 2.45) is 5.41 Å². The minimum atomic E-state index is -0.177. The molecule has 1 N–H and O–H groups in total. The molecule has 3 unspecified atom stereocenters. The Morgan fingerprint density at radius 2 is 1.86 bits per heavy atom. The molecule has 2 rings (SSSR count). The lowest BCUT2D eigenvalue weighted by atomic mass is 9.80. The molecular weight excluding hydrogens is 265 g/mol. The van der Waals surface area contributed by atoms with E-state index >= 15 is 0 Å². The zero-order valence-corrected chi connectivity index (χ0v) is 13.7. The highest BCUT2D eigenvalue weighted by molar-refractivity contribution is 5.22. The van der Waals surface area contributed by atoms with Crippen molar-refractivity contribution in [1.29, 1.82) is 0 Å². The smallest absolute Gasteiger partial charge is 0.123 e. The summed E-state index contributed by atoms with van der Waals surface area (Å²) in [6, 6.07) is 7.59. The molecule has 2 nitrogen and oxygen atoms in total. The number of methoxy groups -OCH3 is 1. The number of nitrogens with one attached hydrogen (secondary N) is 1. The van der Waals surface area contributed by atoms with Gasteiger partial charge < -0.3 is 10.1 Å². The van der Waals surface area contributed by atoms with Crippen molar-refractivity contribution in [3.8, 4) is 0 Å².